The molecule has 0 saturated heterocycles. The molecule has 6 nitrogen and oxygen atoms in total. The van der Waals surface area contributed by atoms with Crippen LogP contribution in [-0.2, 0) is 12.8 Å². The van der Waals surface area contributed by atoms with E-state index in [1.807, 2.05) is 6.92 Å². The molecule has 0 spiro atoms. The summed E-state index contributed by atoms with van der Waals surface area (Å²) in [5.74, 6) is 0. The van der Waals surface area contributed by atoms with Crippen molar-refractivity contribution in [2.75, 3.05) is 0 Å². The first-order valence-corrected chi connectivity index (χ1v) is 7.91. The Morgan fingerprint density at radius 3 is 2.18 bits per heavy atom. The molecule has 2 aromatic rings. The van der Waals surface area contributed by atoms with E-state index < -0.39 is 0 Å². The van der Waals surface area contributed by atoms with E-state index in [1.165, 1.54) is 0 Å². The third-order valence-corrected chi connectivity index (χ3v) is 3.18. The summed E-state index contributed by atoms with van der Waals surface area (Å²) in [6, 6.07) is 1.54. The number of rotatable bonds is 4. The number of aryl methyl sites for hydroxylation is 2. The van der Waals surface area contributed by atoms with Crippen molar-refractivity contribution in [1.29, 1.82) is 0 Å². The van der Waals surface area contributed by atoms with Gasteiger partial charge in [-0.1, -0.05) is 26.7 Å². The predicted molar refractivity (Wildman–Crippen MR) is 92.5 cm³/mol. The molecule has 2 heterocycles. The second-order valence-electron chi connectivity index (χ2n) is 4.71. The Labute approximate surface area is 138 Å². The highest BCUT2D eigenvalue weighted by molar-refractivity contribution is 7.71. The fourth-order valence-corrected chi connectivity index (χ4v) is 2.20. The molecule has 0 bridgehead atoms. The van der Waals surface area contributed by atoms with Gasteiger partial charge in [0.1, 0.15) is 0 Å². The summed E-state index contributed by atoms with van der Waals surface area (Å²) in [4.78, 5) is 32.6. The third-order valence-electron chi connectivity index (χ3n) is 2.75. The van der Waals surface area contributed by atoms with Crippen LogP contribution in [0.3, 0.4) is 0 Å². The lowest BCUT2D eigenvalue weighted by Gasteiger charge is -1.95. The highest BCUT2D eigenvalue weighted by Gasteiger charge is 1.95. The molecule has 2 rings (SSSR count). The van der Waals surface area contributed by atoms with Gasteiger partial charge in [-0.3, -0.25) is 19.6 Å². The summed E-state index contributed by atoms with van der Waals surface area (Å²) in [5, 5.41) is 0. The zero-order chi connectivity index (χ0) is 16.5. The van der Waals surface area contributed by atoms with E-state index in [1.54, 1.807) is 12.3 Å². The van der Waals surface area contributed by atoms with E-state index in [4.69, 9.17) is 24.4 Å². The summed E-state index contributed by atoms with van der Waals surface area (Å²) in [6.07, 6.45) is 5.31. The summed E-state index contributed by atoms with van der Waals surface area (Å²) in [5.41, 5.74) is 1.47. The van der Waals surface area contributed by atoms with Crippen LogP contribution in [0, 0.1) is 9.54 Å². The third kappa shape index (κ3) is 6.31. The molecule has 120 valence electrons. The van der Waals surface area contributed by atoms with Crippen LogP contribution in [0.5, 0.6) is 0 Å². The first-order chi connectivity index (χ1) is 10.5. The fraction of sp³-hybridized carbons (Fsp3) is 0.429. The molecule has 0 saturated carbocycles. The number of H-pyrrole nitrogens is 4. The molecule has 0 aromatic carbocycles. The molecular formula is C14H20N4O2S2. The Balaban J connectivity index is 0.000000220. The van der Waals surface area contributed by atoms with E-state index in [2.05, 4.69) is 26.9 Å². The Hall–Kier alpha value is -1.80. The van der Waals surface area contributed by atoms with Gasteiger partial charge in [-0.2, -0.15) is 0 Å². The van der Waals surface area contributed by atoms with Crippen molar-refractivity contribution in [3.8, 4) is 0 Å². The zero-order valence-electron chi connectivity index (χ0n) is 12.6. The van der Waals surface area contributed by atoms with E-state index in [0.29, 0.717) is 9.54 Å². The molecule has 0 aliphatic carbocycles. The van der Waals surface area contributed by atoms with Gasteiger partial charge < -0.3 is 9.97 Å². The highest BCUT2D eigenvalue weighted by Crippen LogP contribution is 1.93. The minimum absolute atomic E-state index is 0.0735. The maximum atomic E-state index is 11.1. The molecular weight excluding hydrogens is 320 g/mol. The molecule has 2 aromatic heterocycles. The van der Waals surface area contributed by atoms with Crippen molar-refractivity contribution in [1.82, 2.24) is 19.9 Å². The van der Waals surface area contributed by atoms with Crippen LogP contribution in [0.15, 0.2) is 21.9 Å². The van der Waals surface area contributed by atoms with Crippen LogP contribution in [0.1, 0.15) is 37.9 Å². The van der Waals surface area contributed by atoms with Crippen LogP contribution < -0.4 is 11.1 Å². The van der Waals surface area contributed by atoms with Crippen LogP contribution >= 0.6 is 24.4 Å². The van der Waals surface area contributed by atoms with Crippen LogP contribution in [-0.4, -0.2) is 19.9 Å². The summed E-state index contributed by atoms with van der Waals surface area (Å²) in [6.45, 7) is 4.08. The van der Waals surface area contributed by atoms with Crippen molar-refractivity contribution < 1.29 is 0 Å². The summed E-state index contributed by atoms with van der Waals surface area (Å²) < 4.78 is 0.788. The summed E-state index contributed by atoms with van der Waals surface area (Å²) >= 11 is 9.52. The van der Waals surface area contributed by atoms with Crippen molar-refractivity contribution >= 4 is 24.4 Å². The van der Waals surface area contributed by atoms with Crippen LogP contribution in [0.25, 0.3) is 0 Å². The number of aromatic amines is 4. The quantitative estimate of drug-likeness (QED) is 0.643. The lowest BCUT2D eigenvalue weighted by Crippen LogP contribution is -2.12. The number of aromatic nitrogens is 4. The van der Waals surface area contributed by atoms with Gasteiger partial charge in [0.05, 0.1) is 0 Å². The fourth-order valence-electron chi connectivity index (χ4n) is 1.82. The molecule has 0 amide bonds. The SMILES string of the molecule is CCCc1c[nH]c(=S)[nH]c1=O.CCCc1cc(=O)[nH]c(=S)[nH]1. The van der Waals surface area contributed by atoms with Gasteiger partial charge in [-0.25, -0.2) is 0 Å². The molecule has 0 aliphatic heterocycles. The van der Waals surface area contributed by atoms with Gasteiger partial charge in [0.15, 0.2) is 9.54 Å². The van der Waals surface area contributed by atoms with Crippen molar-refractivity contribution in [3.63, 3.8) is 0 Å². The number of hydrogen-bond acceptors (Lipinski definition) is 4. The monoisotopic (exact) mass is 340 g/mol. The molecule has 8 heteroatoms. The second-order valence-corrected chi connectivity index (χ2v) is 5.53. The van der Waals surface area contributed by atoms with E-state index in [0.717, 1.165) is 36.9 Å². The van der Waals surface area contributed by atoms with Crippen molar-refractivity contribution in [2.45, 2.75) is 39.5 Å². The minimum atomic E-state index is -0.128. The maximum Gasteiger partial charge on any atom is 0.254 e. The molecule has 0 atom stereocenters. The lowest BCUT2D eigenvalue weighted by atomic mass is 10.2. The zero-order valence-corrected chi connectivity index (χ0v) is 14.2. The second kappa shape index (κ2) is 9.26. The molecule has 0 unspecified atom stereocenters. The van der Waals surface area contributed by atoms with Crippen molar-refractivity contribution in [3.05, 3.63) is 53.8 Å². The van der Waals surface area contributed by atoms with Crippen LogP contribution in [0.2, 0.25) is 0 Å². The van der Waals surface area contributed by atoms with E-state index in [9.17, 15) is 9.59 Å². The molecule has 0 aliphatic rings. The minimum Gasteiger partial charge on any atom is -0.338 e. The molecule has 4 N–H and O–H groups in total. The smallest absolute Gasteiger partial charge is 0.254 e. The van der Waals surface area contributed by atoms with Gasteiger partial charge in [0.2, 0.25) is 0 Å². The topological polar surface area (TPSA) is 97.3 Å². The van der Waals surface area contributed by atoms with Gasteiger partial charge in [-0.15, -0.1) is 0 Å². The Morgan fingerprint density at radius 2 is 1.64 bits per heavy atom. The van der Waals surface area contributed by atoms with Gasteiger partial charge >= 0.3 is 0 Å². The first-order valence-electron chi connectivity index (χ1n) is 7.09. The van der Waals surface area contributed by atoms with Gasteiger partial charge in [0, 0.05) is 23.5 Å². The molecule has 22 heavy (non-hydrogen) atoms. The molecule has 0 fully saturated rings. The average molecular weight is 340 g/mol. The van der Waals surface area contributed by atoms with Crippen LogP contribution in [0.4, 0.5) is 0 Å². The first kappa shape index (κ1) is 18.2. The Bertz CT molecular complexity index is 788. The van der Waals surface area contributed by atoms with Crippen molar-refractivity contribution in [2.24, 2.45) is 0 Å². The van der Waals surface area contributed by atoms with Gasteiger partial charge in [0.25, 0.3) is 11.1 Å². The normalized spacial score (nSPS) is 9.91. The summed E-state index contributed by atoms with van der Waals surface area (Å²) in [7, 11) is 0. The maximum absolute atomic E-state index is 11.1. The predicted octanol–water partition coefficient (Wildman–Crippen LogP) is 2.77. The standard InChI is InChI=1S/2C7H10N2OS/c1-2-3-5-4-8-7(11)9-6(5)10;1-2-3-5-4-6(10)9-7(11)8-5/h2*4H,2-3H2,1H3,(H2,8,9,10,11). The number of hydrogen-bond donors (Lipinski definition) is 4. The Kier molecular flexibility index (Phi) is 7.69. The van der Waals surface area contributed by atoms with E-state index >= 15 is 0 Å². The Morgan fingerprint density at radius 1 is 0.955 bits per heavy atom. The van der Waals surface area contributed by atoms with E-state index in [-0.39, 0.29) is 11.1 Å². The molecule has 0 radical (unpaired) electrons. The lowest BCUT2D eigenvalue weighted by molar-refractivity contribution is 0.861. The highest BCUT2D eigenvalue weighted by atomic mass is 32.1. The number of nitrogens with one attached hydrogen (secondary N) is 4. The van der Waals surface area contributed by atoms with Gasteiger partial charge in [-0.05, 0) is 37.3 Å². The largest absolute Gasteiger partial charge is 0.338 e. The average Bonchev–Trinajstić information content (AvgIpc) is 2.42.